The van der Waals surface area contributed by atoms with Crippen molar-refractivity contribution in [3.05, 3.63) is 34.3 Å². The second-order valence-corrected chi connectivity index (χ2v) is 5.90. The summed E-state index contributed by atoms with van der Waals surface area (Å²) < 4.78 is 0. The first-order valence-electron chi connectivity index (χ1n) is 6.78. The van der Waals surface area contributed by atoms with Crippen molar-refractivity contribution in [3.63, 3.8) is 0 Å². The summed E-state index contributed by atoms with van der Waals surface area (Å²) in [7, 11) is 2.17. The van der Waals surface area contributed by atoms with Crippen LogP contribution in [0.4, 0.5) is 0 Å². The number of likely N-dealkylation sites (N-methyl/N-ethyl adjacent to an activating group) is 1. The molecule has 1 unspecified atom stereocenters. The van der Waals surface area contributed by atoms with Crippen LogP contribution in [0.25, 0.3) is 0 Å². The van der Waals surface area contributed by atoms with Crippen LogP contribution in [-0.4, -0.2) is 25.0 Å². The number of rotatable bonds is 5. The summed E-state index contributed by atoms with van der Waals surface area (Å²) in [6.07, 6.45) is 4.13. The summed E-state index contributed by atoms with van der Waals surface area (Å²) in [5.41, 5.74) is 8.30. The Morgan fingerprint density at radius 3 is 2.67 bits per heavy atom. The number of nitrogens with zero attached hydrogens (tertiary/aromatic N) is 1. The molecule has 0 bridgehead atoms. The van der Waals surface area contributed by atoms with E-state index in [1.807, 2.05) is 6.92 Å². The van der Waals surface area contributed by atoms with Gasteiger partial charge < -0.3 is 5.73 Å². The lowest BCUT2D eigenvalue weighted by Crippen LogP contribution is -2.36. The van der Waals surface area contributed by atoms with E-state index in [0.717, 1.165) is 23.0 Å². The van der Waals surface area contributed by atoms with Crippen LogP contribution in [0, 0.1) is 12.8 Å². The van der Waals surface area contributed by atoms with Gasteiger partial charge in [-0.2, -0.15) is 0 Å². The largest absolute Gasteiger partial charge is 0.329 e. The Balaban J connectivity index is 2.08. The van der Waals surface area contributed by atoms with E-state index < -0.39 is 0 Å². The lowest BCUT2D eigenvalue weighted by atomic mass is 9.84. The van der Waals surface area contributed by atoms with Gasteiger partial charge in [-0.05, 0) is 49.9 Å². The van der Waals surface area contributed by atoms with Crippen molar-refractivity contribution >= 4 is 11.6 Å². The first-order chi connectivity index (χ1) is 8.61. The predicted octanol–water partition coefficient (Wildman–Crippen LogP) is 3.38. The molecule has 1 aromatic carbocycles. The predicted molar refractivity (Wildman–Crippen MR) is 78.0 cm³/mol. The molecule has 1 aliphatic rings. The molecule has 1 fully saturated rings. The first kappa shape index (κ1) is 13.9. The number of hydrogen-bond acceptors (Lipinski definition) is 2. The number of halogens is 1. The van der Waals surface area contributed by atoms with Crippen LogP contribution in [0.3, 0.4) is 0 Å². The monoisotopic (exact) mass is 266 g/mol. The Bertz CT molecular complexity index is 401. The van der Waals surface area contributed by atoms with Crippen molar-refractivity contribution < 1.29 is 0 Å². The molecule has 1 aliphatic carbocycles. The van der Waals surface area contributed by atoms with Gasteiger partial charge >= 0.3 is 0 Å². The zero-order valence-corrected chi connectivity index (χ0v) is 12.1. The molecule has 0 radical (unpaired) electrons. The van der Waals surface area contributed by atoms with Crippen LogP contribution in [0.1, 0.15) is 36.4 Å². The Morgan fingerprint density at radius 2 is 2.17 bits per heavy atom. The highest BCUT2D eigenvalue weighted by Crippen LogP contribution is 2.30. The molecule has 0 spiro atoms. The van der Waals surface area contributed by atoms with E-state index in [4.69, 9.17) is 17.3 Å². The van der Waals surface area contributed by atoms with Crippen molar-refractivity contribution in [2.75, 3.05) is 20.1 Å². The quantitative estimate of drug-likeness (QED) is 0.885. The van der Waals surface area contributed by atoms with Crippen LogP contribution in [0.15, 0.2) is 18.2 Å². The summed E-state index contributed by atoms with van der Waals surface area (Å²) in [6, 6.07) is 6.57. The maximum Gasteiger partial charge on any atom is 0.0468 e. The maximum atomic E-state index is 6.20. The number of nitrogens with two attached hydrogens (primary N) is 1. The molecule has 3 heteroatoms. The molecule has 0 amide bonds. The highest BCUT2D eigenvalue weighted by molar-refractivity contribution is 6.31. The minimum atomic E-state index is 0.281. The van der Waals surface area contributed by atoms with Crippen molar-refractivity contribution in [1.29, 1.82) is 0 Å². The van der Waals surface area contributed by atoms with E-state index in [-0.39, 0.29) is 6.04 Å². The van der Waals surface area contributed by atoms with E-state index in [1.54, 1.807) is 0 Å². The smallest absolute Gasteiger partial charge is 0.0468 e. The van der Waals surface area contributed by atoms with Crippen molar-refractivity contribution in [3.8, 4) is 0 Å². The fourth-order valence-corrected chi connectivity index (χ4v) is 2.79. The third-order valence-corrected chi connectivity index (χ3v) is 4.51. The second-order valence-electron chi connectivity index (χ2n) is 5.50. The van der Waals surface area contributed by atoms with E-state index in [9.17, 15) is 0 Å². The number of hydrogen-bond donors (Lipinski definition) is 1. The van der Waals surface area contributed by atoms with Crippen molar-refractivity contribution in [2.45, 2.75) is 32.2 Å². The average Bonchev–Trinajstić information content (AvgIpc) is 2.29. The molecule has 0 heterocycles. The minimum absolute atomic E-state index is 0.281. The molecule has 2 nitrogen and oxygen atoms in total. The topological polar surface area (TPSA) is 29.3 Å². The second kappa shape index (κ2) is 6.05. The van der Waals surface area contributed by atoms with Gasteiger partial charge in [0.05, 0.1) is 0 Å². The summed E-state index contributed by atoms with van der Waals surface area (Å²) in [5, 5.41) is 0.836. The van der Waals surface area contributed by atoms with Gasteiger partial charge in [0, 0.05) is 24.2 Å². The molecule has 0 saturated heterocycles. The standard InChI is InChI=1S/C15H23ClN2/c1-11-6-7-13(8-14(11)16)15(9-17)18(2)10-12-4-3-5-12/h6-8,12,15H,3-5,9-10,17H2,1-2H3. The van der Waals surface area contributed by atoms with Gasteiger partial charge in [-0.3, -0.25) is 4.90 Å². The van der Waals surface area contributed by atoms with E-state index in [1.165, 1.54) is 24.8 Å². The van der Waals surface area contributed by atoms with Gasteiger partial charge in [-0.25, -0.2) is 0 Å². The fourth-order valence-electron chi connectivity index (χ4n) is 2.60. The lowest BCUT2D eigenvalue weighted by molar-refractivity contribution is 0.165. The Labute approximate surface area is 115 Å². The molecule has 2 N–H and O–H groups in total. The van der Waals surface area contributed by atoms with E-state index in [0.29, 0.717) is 6.54 Å². The third-order valence-electron chi connectivity index (χ3n) is 4.11. The molecular weight excluding hydrogens is 244 g/mol. The summed E-state index contributed by atoms with van der Waals surface area (Å²) in [4.78, 5) is 2.38. The number of aryl methyl sites for hydroxylation is 1. The SMILES string of the molecule is Cc1ccc(C(CN)N(C)CC2CCC2)cc1Cl. The van der Waals surface area contributed by atoms with Gasteiger partial charge in [0.1, 0.15) is 0 Å². The highest BCUT2D eigenvalue weighted by atomic mass is 35.5. The Morgan fingerprint density at radius 1 is 1.44 bits per heavy atom. The summed E-state index contributed by atoms with van der Waals surface area (Å²) in [6.45, 7) is 3.82. The van der Waals surface area contributed by atoms with Crippen LogP contribution >= 0.6 is 11.6 Å². The lowest BCUT2D eigenvalue weighted by Gasteiger charge is -2.34. The van der Waals surface area contributed by atoms with Crippen LogP contribution < -0.4 is 5.73 Å². The average molecular weight is 267 g/mol. The van der Waals surface area contributed by atoms with Crippen LogP contribution in [0.5, 0.6) is 0 Å². The fraction of sp³-hybridized carbons (Fsp3) is 0.600. The zero-order chi connectivity index (χ0) is 13.1. The van der Waals surface area contributed by atoms with E-state index in [2.05, 4.69) is 30.1 Å². The highest BCUT2D eigenvalue weighted by Gasteiger charge is 2.23. The van der Waals surface area contributed by atoms with Crippen molar-refractivity contribution in [2.24, 2.45) is 11.7 Å². The minimum Gasteiger partial charge on any atom is -0.329 e. The molecule has 1 saturated carbocycles. The molecule has 1 aromatic rings. The molecule has 100 valence electrons. The summed E-state index contributed by atoms with van der Waals surface area (Å²) in [5.74, 6) is 0.866. The van der Waals surface area contributed by atoms with Gasteiger partial charge in [0.15, 0.2) is 0 Å². The number of benzene rings is 1. The van der Waals surface area contributed by atoms with E-state index >= 15 is 0 Å². The molecule has 0 aromatic heterocycles. The molecule has 1 atom stereocenters. The Kier molecular flexibility index (Phi) is 4.66. The van der Waals surface area contributed by atoms with Crippen LogP contribution in [-0.2, 0) is 0 Å². The molecule has 18 heavy (non-hydrogen) atoms. The normalized spacial score (nSPS) is 17.8. The van der Waals surface area contributed by atoms with Gasteiger partial charge in [0.2, 0.25) is 0 Å². The third kappa shape index (κ3) is 3.05. The Hall–Kier alpha value is -0.570. The molecule has 2 rings (SSSR count). The zero-order valence-electron chi connectivity index (χ0n) is 11.3. The van der Waals surface area contributed by atoms with Crippen molar-refractivity contribution in [1.82, 2.24) is 4.90 Å². The molecule has 0 aliphatic heterocycles. The molecular formula is C15H23ClN2. The van der Waals surface area contributed by atoms with Gasteiger partial charge in [0.25, 0.3) is 0 Å². The summed E-state index contributed by atoms with van der Waals surface area (Å²) >= 11 is 6.20. The van der Waals surface area contributed by atoms with Crippen LogP contribution in [0.2, 0.25) is 5.02 Å². The maximum absolute atomic E-state index is 6.20. The van der Waals surface area contributed by atoms with Gasteiger partial charge in [-0.15, -0.1) is 0 Å². The van der Waals surface area contributed by atoms with Gasteiger partial charge in [-0.1, -0.05) is 30.2 Å². The first-order valence-corrected chi connectivity index (χ1v) is 7.16.